The average molecular weight is 425 g/mol. The lowest BCUT2D eigenvalue weighted by Crippen LogP contribution is -2.42. The lowest BCUT2D eigenvalue weighted by molar-refractivity contribution is -0.140. The first-order chi connectivity index (χ1) is 13.7. The number of hydrogen-bond donors (Lipinski definition) is 1. The molecule has 0 aliphatic carbocycles. The monoisotopic (exact) mass is 424 g/mol. The van der Waals surface area contributed by atoms with Crippen molar-refractivity contribution in [1.82, 2.24) is 9.62 Å². The van der Waals surface area contributed by atoms with E-state index in [4.69, 9.17) is 0 Å². The van der Waals surface area contributed by atoms with E-state index >= 15 is 0 Å². The maximum atomic E-state index is 12.9. The number of benzene rings is 1. The Morgan fingerprint density at radius 3 is 2.28 bits per heavy atom. The lowest BCUT2D eigenvalue weighted by Gasteiger charge is -2.34. The van der Waals surface area contributed by atoms with Crippen LogP contribution in [0, 0.1) is 11.8 Å². The summed E-state index contributed by atoms with van der Waals surface area (Å²) in [4.78, 5) is 23.5. The molecule has 29 heavy (non-hydrogen) atoms. The van der Waals surface area contributed by atoms with Crippen LogP contribution in [0.3, 0.4) is 0 Å². The molecule has 1 aromatic carbocycles. The Labute approximate surface area is 173 Å². The van der Waals surface area contributed by atoms with E-state index in [0.717, 1.165) is 25.7 Å². The number of ether oxygens (including phenoxy) is 1. The van der Waals surface area contributed by atoms with Gasteiger partial charge in [-0.1, -0.05) is 20.3 Å². The molecule has 1 aliphatic rings. The summed E-state index contributed by atoms with van der Waals surface area (Å²) in [5.74, 6) is 0.220. The van der Waals surface area contributed by atoms with Gasteiger partial charge in [-0.25, -0.2) is 8.42 Å². The predicted molar refractivity (Wildman–Crippen MR) is 111 cm³/mol. The molecule has 2 atom stereocenters. The quantitative estimate of drug-likeness (QED) is 0.486. The molecule has 0 spiro atoms. The summed E-state index contributed by atoms with van der Waals surface area (Å²) in [5.41, 5.74) is 0.430. The predicted octanol–water partition coefficient (Wildman–Crippen LogP) is 2.82. The van der Waals surface area contributed by atoms with E-state index in [1.807, 2.05) is 0 Å². The van der Waals surface area contributed by atoms with Gasteiger partial charge in [0, 0.05) is 31.6 Å². The SMILES string of the molecule is COC(=O)CCCCCNC(=O)c1ccc(S(=O)(=O)N2C[C@H](C)C[C@H](C)C2)cc1. The number of carbonyl (C=O) groups excluding carboxylic acids is 2. The maximum Gasteiger partial charge on any atom is 0.305 e. The summed E-state index contributed by atoms with van der Waals surface area (Å²) in [6.45, 7) is 5.71. The molecule has 8 heteroatoms. The standard InChI is InChI=1S/C21H32N2O5S/c1-16-13-17(2)15-23(14-16)29(26,27)19-10-8-18(9-11-19)21(25)22-12-6-4-5-7-20(24)28-3/h8-11,16-17H,4-7,12-15H2,1-3H3,(H,22,25)/t16-,17+. The van der Waals surface area contributed by atoms with Gasteiger partial charge in [0.25, 0.3) is 5.91 Å². The van der Waals surface area contributed by atoms with Gasteiger partial charge < -0.3 is 10.1 Å². The number of sulfonamides is 1. The van der Waals surface area contributed by atoms with Gasteiger partial charge in [-0.15, -0.1) is 0 Å². The lowest BCUT2D eigenvalue weighted by atomic mass is 9.94. The van der Waals surface area contributed by atoms with Crippen molar-refractivity contribution in [1.29, 1.82) is 0 Å². The van der Waals surface area contributed by atoms with Crippen molar-refractivity contribution in [2.24, 2.45) is 11.8 Å². The van der Waals surface area contributed by atoms with Crippen LogP contribution in [-0.4, -0.2) is 51.3 Å². The van der Waals surface area contributed by atoms with Gasteiger partial charge in [-0.3, -0.25) is 9.59 Å². The number of esters is 1. The van der Waals surface area contributed by atoms with E-state index in [-0.39, 0.29) is 16.8 Å². The van der Waals surface area contributed by atoms with Gasteiger partial charge in [-0.2, -0.15) is 4.31 Å². The van der Waals surface area contributed by atoms with Crippen LogP contribution in [-0.2, 0) is 19.6 Å². The number of rotatable bonds is 9. The average Bonchev–Trinajstić information content (AvgIpc) is 2.69. The maximum absolute atomic E-state index is 12.9. The van der Waals surface area contributed by atoms with Crippen molar-refractivity contribution in [2.75, 3.05) is 26.7 Å². The number of nitrogens with zero attached hydrogens (tertiary/aromatic N) is 1. The molecule has 1 aliphatic heterocycles. The van der Waals surface area contributed by atoms with Gasteiger partial charge in [0.15, 0.2) is 0 Å². The van der Waals surface area contributed by atoms with Crippen molar-refractivity contribution < 1.29 is 22.7 Å². The molecular formula is C21H32N2O5S. The zero-order valence-corrected chi connectivity index (χ0v) is 18.3. The molecule has 0 radical (unpaired) electrons. The number of nitrogens with one attached hydrogen (secondary N) is 1. The molecule has 1 heterocycles. The van der Waals surface area contributed by atoms with E-state index in [1.165, 1.54) is 19.2 Å². The van der Waals surface area contributed by atoms with Crippen molar-refractivity contribution in [2.45, 2.75) is 50.8 Å². The molecule has 0 unspecified atom stereocenters. The Bertz CT molecular complexity index is 782. The molecule has 1 amide bonds. The summed E-state index contributed by atoms with van der Waals surface area (Å²) in [6, 6.07) is 6.11. The summed E-state index contributed by atoms with van der Waals surface area (Å²) < 4.78 is 31.9. The van der Waals surface area contributed by atoms with Gasteiger partial charge in [0.2, 0.25) is 10.0 Å². The van der Waals surface area contributed by atoms with Gasteiger partial charge in [-0.05, 0) is 55.4 Å². The minimum absolute atomic E-state index is 0.221. The van der Waals surface area contributed by atoms with Crippen LogP contribution in [0.4, 0.5) is 0 Å². The Morgan fingerprint density at radius 1 is 1.07 bits per heavy atom. The fourth-order valence-corrected chi connectivity index (χ4v) is 5.39. The highest BCUT2D eigenvalue weighted by Gasteiger charge is 2.31. The molecule has 1 fully saturated rings. The van der Waals surface area contributed by atoms with E-state index < -0.39 is 10.0 Å². The summed E-state index contributed by atoms with van der Waals surface area (Å²) >= 11 is 0. The van der Waals surface area contributed by atoms with Crippen LogP contribution in [0.1, 0.15) is 56.3 Å². The number of amides is 1. The largest absolute Gasteiger partial charge is 0.469 e. The first-order valence-corrected chi connectivity index (χ1v) is 11.6. The fraction of sp³-hybridized carbons (Fsp3) is 0.619. The molecule has 1 N–H and O–H groups in total. The number of methoxy groups -OCH3 is 1. The van der Waals surface area contributed by atoms with Crippen molar-refractivity contribution in [3.8, 4) is 0 Å². The minimum atomic E-state index is -3.54. The molecule has 1 saturated heterocycles. The minimum Gasteiger partial charge on any atom is -0.469 e. The third-order valence-electron chi connectivity index (χ3n) is 5.16. The number of carbonyl (C=O) groups is 2. The summed E-state index contributed by atoms with van der Waals surface area (Å²) in [7, 11) is -2.18. The molecular weight excluding hydrogens is 392 g/mol. The topological polar surface area (TPSA) is 92.8 Å². The zero-order chi connectivity index (χ0) is 21.4. The Balaban J connectivity index is 1.85. The van der Waals surface area contributed by atoms with Gasteiger partial charge >= 0.3 is 5.97 Å². The van der Waals surface area contributed by atoms with E-state index in [1.54, 1.807) is 16.4 Å². The van der Waals surface area contributed by atoms with Gasteiger partial charge in [0.05, 0.1) is 12.0 Å². The molecule has 162 valence electrons. The third-order valence-corrected chi connectivity index (χ3v) is 7.01. The van der Waals surface area contributed by atoms with Crippen LogP contribution in [0.15, 0.2) is 29.2 Å². The first kappa shape index (κ1) is 23.3. The Morgan fingerprint density at radius 2 is 1.69 bits per heavy atom. The zero-order valence-electron chi connectivity index (χ0n) is 17.5. The van der Waals surface area contributed by atoms with Crippen LogP contribution in [0.5, 0.6) is 0 Å². The van der Waals surface area contributed by atoms with Crippen LogP contribution >= 0.6 is 0 Å². The smallest absolute Gasteiger partial charge is 0.305 e. The fourth-order valence-electron chi connectivity index (χ4n) is 3.71. The second-order valence-corrected chi connectivity index (χ2v) is 9.87. The third kappa shape index (κ3) is 6.82. The highest BCUT2D eigenvalue weighted by molar-refractivity contribution is 7.89. The Hall–Kier alpha value is -1.93. The van der Waals surface area contributed by atoms with Crippen LogP contribution in [0.25, 0.3) is 0 Å². The normalized spacial score (nSPS) is 20.2. The van der Waals surface area contributed by atoms with Crippen molar-refractivity contribution >= 4 is 21.9 Å². The highest BCUT2D eigenvalue weighted by atomic mass is 32.2. The number of piperidine rings is 1. The summed E-state index contributed by atoms with van der Waals surface area (Å²) in [5, 5.41) is 2.82. The van der Waals surface area contributed by atoms with Crippen LogP contribution < -0.4 is 5.32 Å². The van der Waals surface area contributed by atoms with E-state index in [0.29, 0.717) is 43.5 Å². The van der Waals surface area contributed by atoms with Crippen molar-refractivity contribution in [3.63, 3.8) is 0 Å². The molecule has 1 aromatic rings. The second kappa shape index (κ2) is 10.7. The first-order valence-electron chi connectivity index (χ1n) is 10.2. The number of hydrogen-bond acceptors (Lipinski definition) is 5. The summed E-state index contributed by atoms with van der Waals surface area (Å²) in [6.07, 6.45) is 3.73. The molecule has 7 nitrogen and oxygen atoms in total. The van der Waals surface area contributed by atoms with E-state index in [9.17, 15) is 18.0 Å². The molecule has 0 aromatic heterocycles. The highest BCUT2D eigenvalue weighted by Crippen LogP contribution is 2.26. The second-order valence-electron chi connectivity index (χ2n) is 7.94. The van der Waals surface area contributed by atoms with E-state index in [2.05, 4.69) is 23.9 Å². The van der Waals surface area contributed by atoms with Crippen molar-refractivity contribution in [3.05, 3.63) is 29.8 Å². The molecule has 0 bridgehead atoms. The molecule has 2 rings (SSSR count). The Kier molecular flexibility index (Phi) is 8.64. The van der Waals surface area contributed by atoms with Crippen LogP contribution in [0.2, 0.25) is 0 Å². The molecule has 0 saturated carbocycles. The van der Waals surface area contributed by atoms with Gasteiger partial charge in [0.1, 0.15) is 0 Å². The number of unbranched alkanes of at least 4 members (excludes halogenated alkanes) is 2.